The van der Waals surface area contributed by atoms with Crippen LogP contribution in [0.15, 0.2) is 21.9 Å². The topological polar surface area (TPSA) is 104 Å². The molecular weight excluding hydrogens is 221 g/mol. The molecule has 8 heteroatoms. The molecule has 2 radical (unpaired) electrons. The van der Waals surface area contributed by atoms with Crippen LogP contribution in [0.1, 0.15) is 0 Å². The van der Waals surface area contributed by atoms with Gasteiger partial charge in [-0.3, -0.25) is 9.78 Å². The van der Waals surface area contributed by atoms with Gasteiger partial charge in [0.25, 0.3) is 5.56 Å². The lowest BCUT2D eigenvalue weighted by molar-refractivity contribution is 1.01. The first-order chi connectivity index (χ1) is 8.11. The highest BCUT2D eigenvalue weighted by atomic mass is 16.2. The SMILES string of the molecule is [B]c1cc(-c2c[nH]c(=O)[nH]c2=O)nnc1NC. The average molecular weight is 229 g/mol. The molecule has 2 aromatic heterocycles. The lowest BCUT2D eigenvalue weighted by Gasteiger charge is -2.04. The van der Waals surface area contributed by atoms with Gasteiger partial charge in [0.2, 0.25) is 0 Å². The zero-order valence-corrected chi connectivity index (χ0v) is 8.94. The standard InChI is InChI=1S/C9H8BN5O2/c1-11-7-5(10)2-6(14-15-7)4-3-12-9(17)13-8(4)16/h2-3H,1H3,(H,11,15)(H2,12,13,16,17). The van der Waals surface area contributed by atoms with Gasteiger partial charge in [-0.25, -0.2) is 4.79 Å². The Morgan fingerprint density at radius 2 is 2.12 bits per heavy atom. The van der Waals surface area contributed by atoms with Crippen molar-refractivity contribution in [1.82, 2.24) is 20.2 Å². The highest BCUT2D eigenvalue weighted by Gasteiger charge is 2.08. The van der Waals surface area contributed by atoms with Gasteiger partial charge in [-0.2, -0.15) is 0 Å². The van der Waals surface area contributed by atoms with Crippen molar-refractivity contribution in [2.75, 3.05) is 12.4 Å². The summed E-state index contributed by atoms with van der Waals surface area (Å²) in [7, 11) is 7.36. The summed E-state index contributed by atoms with van der Waals surface area (Å²) >= 11 is 0. The quantitative estimate of drug-likeness (QED) is 0.535. The van der Waals surface area contributed by atoms with Gasteiger partial charge in [0.15, 0.2) is 0 Å². The zero-order chi connectivity index (χ0) is 12.4. The molecule has 17 heavy (non-hydrogen) atoms. The van der Waals surface area contributed by atoms with Crippen LogP contribution >= 0.6 is 0 Å². The molecule has 2 aromatic rings. The Morgan fingerprint density at radius 3 is 2.71 bits per heavy atom. The Labute approximate surface area is 96.7 Å². The molecule has 0 saturated carbocycles. The summed E-state index contributed by atoms with van der Waals surface area (Å²) in [5.41, 5.74) is -0.264. The Hall–Kier alpha value is -2.38. The summed E-state index contributed by atoms with van der Waals surface area (Å²) in [6.45, 7) is 0. The second-order valence-electron chi connectivity index (χ2n) is 3.27. The van der Waals surface area contributed by atoms with E-state index in [2.05, 4.69) is 25.5 Å². The summed E-state index contributed by atoms with van der Waals surface area (Å²) in [6, 6.07) is 1.50. The molecule has 0 fully saturated rings. The van der Waals surface area contributed by atoms with E-state index in [0.29, 0.717) is 17.0 Å². The average Bonchev–Trinajstić information content (AvgIpc) is 2.29. The molecule has 0 unspecified atom stereocenters. The number of hydrogen-bond donors (Lipinski definition) is 3. The van der Waals surface area contributed by atoms with E-state index in [1.54, 1.807) is 7.05 Å². The van der Waals surface area contributed by atoms with Crippen LogP contribution in [0.3, 0.4) is 0 Å². The first-order valence-electron chi connectivity index (χ1n) is 4.75. The summed E-state index contributed by atoms with van der Waals surface area (Å²) < 4.78 is 0. The van der Waals surface area contributed by atoms with Crippen LogP contribution < -0.4 is 22.0 Å². The van der Waals surface area contributed by atoms with E-state index in [0.717, 1.165) is 0 Å². The number of anilines is 1. The summed E-state index contributed by atoms with van der Waals surface area (Å²) in [5, 5.41) is 10.4. The van der Waals surface area contributed by atoms with Crippen LogP contribution in [0.5, 0.6) is 0 Å². The highest BCUT2D eigenvalue weighted by molar-refractivity contribution is 6.35. The normalized spacial score (nSPS) is 10.2. The first kappa shape index (κ1) is 11.1. The predicted octanol–water partition coefficient (Wildman–Crippen LogP) is -1.64. The van der Waals surface area contributed by atoms with Crippen molar-refractivity contribution in [3.63, 3.8) is 0 Å². The molecule has 0 bridgehead atoms. The number of nitrogens with one attached hydrogen (secondary N) is 3. The van der Waals surface area contributed by atoms with Gasteiger partial charge in [-0.05, 0) is 6.07 Å². The maximum atomic E-state index is 11.5. The molecule has 0 saturated heterocycles. The number of aromatic nitrogens is 4. The van der Waals surface area contributed by atoms with Crippen molar-refractivity contribution < 1.29 is 0 Å². The van der Waals surface area contributed by atoms with E-state index in [4.69, 9.17) is 7.85 Å². The molecular formula is C9H8BN5O2. The van der Waals surface area contributed by atoms with Crippen LogP contribution in [0.2, 0.25) is 0 Å². The van der Waals surface area contributed by atoms with E-state index in [1.165, 1.54) is 12.3 Å². The van der Waals surface area contributed by atoms with Gasteiger partial charge in [0.05, 0.1) is 11.3 Å². The molecule has 0 atom stereocenters. The fourth-order valence-corrected chi connectivity index (χ4v) is 1.33. The lowest BCUT2D eigenvalue weighted by Crippen LogP contribution is -2.23. The maximum Gasteiger partial charge on any atom is 0.325 e. The van der Waals surface area contributed by atoms with E-state index in [9.17, 15) is 9.59 Å². The third-order valence-corrected chi connectivity index (χ3v) is 2.16. The van der Waals surface area contributed by atoms with Crippen LogP contribution in [0, 0.1) is 0 Å². The minimum Gasteiger partial charge on any atom is -0.372 e. The molecule has 0 spiro atoms. The summed E-state index contributed by atoms with van der Waals surface area (Å²) in [6.07, 6.45) is 1.27. The molecule has 2 rings (SSSR count). The van der Waals surface area contributed by atoms with E-state index in [1.807, 2.05) is 0 Å². The van der Waals surface area contributed by atoms with Gasteiger partial charge in [0, 0.05) is 13.2 Å². The Kier molecular flexibility index (Phi) is 2.78. The van der Waals surface area contributed by atoms with Crippen molar-refractivity contribution in [3.8, 4) is 11.3 Å². The van der Waals surface area contributed by atoms with Crippen LogP contribution in [0.4, 0.5) is 5.82 Å². The minimum atomic E-state index is -0.577. The smallest absolute Gasteiger partial charge is 0.325 e. The molecule has 0 amide bonds. The summed E-state index contributed by atoms with van der Waals surface area (Å²) in [4.78, 5) is 26.8. The van der Waals surface area contributed by atoms with Crippen molar-refractivity contribution in [2.24, 2.45) is 0 Å². The van der Waals surface area contributed by atoms with Crippen molar-refractivity contribution in [2.45, 2.75) is 0 Å². The second kappa shape index (κ2) is 4.24. The van der Waals surface area contributed by atoms with Crippen LogP contribution in [0.25, 0.3) is 11.3 Å². The van der Waals surface area contributed by atoms with Crippen molar-refractivity contribution in [1.29, 1.82) is 0 Å². The van der Waals surface area contributed by atoms with Crippen LogP contribution in [-0.4, -0.2) is 35.1 Å². The largest absolute Gasteiger partial charge is 0.372 e. The maximum absolute atomic E-state index is 11.5. The number of H-pyrrole nitrogens is 2. The molecule has 2 heterocycles. The van der Waals surface area contributed by atoms with E-state index < -0.39 is 11.2 Å². The monoisotopic (exact) mass is 229 g/mol. The second-order valence-corrected chi connectivity index (χ2v) is 3.27. The van der Waals surface area contributed by atoms with Gasteiger partial charge in [-0.1, -0.05) is 5.46 Å². The minimum absolute atomic E-state index is 0.200. The lowest BCUT2D eigenvalue weighted by atomic mass is 9.96. The van der Waals surface area contributed by atoms with Gasteiger partial charge in [-0.15, -0.1) is 10.2 Å². The summed E-state index contributed by atoms with van der Waals surface area (Å²) in [5.74, 6) is 0.426. The number of rotatable bonds is 2. The van der Waals surface area contributed by atoms with Gasteiger partial charge in [0.1, 0.15) is 13.7 Å². The Balaban J connectivity index is 2.57. The Bertz CT molecular complexity index is 663. The Morgan fingerprint density at radius 1 is 1.35 bits per heavy atom. The highest BCUT2D eigenvalue weighted by Crippen LogP contribution is 2.08. The molecule has 84 valence electrons. The molecule has 7 nitrogen and oxygen atoms in total. The van der Waals surface area contributed by atoms with Crippen molar-refractivity contribution in [3.05, 3.63) is 33.1 Å². The van der Waals surface area contributed by atoms with Gasteiger partial charge >= 0.3 is 5.69 Å². The number of aromatic amines is 2. The van der Waals surface area contributed by atoms with Crippen LogP contribution in [-0.2, 0) is 0 Å². The van der Waals surface area contributed by atoms with E-state index in [-0.39, 0.29) is 5.56 Å². The third kappa shape index (κ3) is 2.10. The number of hydrogen-bond acceptors (Lipinski definition) is 5. The van der Waals surface area contributed by atoms with Crippen molar-refractivity contribution >= 4 is 19.1 Å². The molecule has 0 aromatic carbocycles. The van der Waals surface area contributed by atoms with Gasteiger partial charge < -0.3 is 10.3 Å². The fraction of sp³-hybridized carbons (Fsp3) is 0.111. The van der Waals surface area contributed by atoms with E-state index >= 15 is 0 Å². The molecule has 3 N–H and O–H groups in total. The molecule has 0 aliphatic rings. The predicted molar refractivity (Wildman–Crippen MR) is 63.6 cm³/mol. The fourth-order valence-electron chi connectivity index (χ4n) is 1.33. The first-order valence-corrected chi connectivity index (χ1v) is 4.75. The number of nitrogens with zero attached hydrogens (tertiary/aromatic N) is 2. The zero-order valence-electron chi connectivity index (χ0n) is 8.94. The molecule has 0 aliphatic heterocycles. The molecule has 0 aliphatic carbocycles. The third-order valence-electron chi connectivity index (χ3n) is 2.16.